The minimum absolute atomic E-state index is 0.142. The van der Waals surface area contributed by atoms with Gasteiger partial charge in [-0.2, -0.15) is 0 Å². The molecule has 2 aromatic rings. The molecule has 2 N–H and O–H groups in total. The SMILES string of the molecule is NS(=O)(=O)c1nc2ccc(OC(=O)CC3CCCC3)cc2s1. The molecule has 0 spiro atoms. The van der Waals surface area contributed by atoms with Crippen molar-refractivity contribution in [3.05, 3.63) is 18.2 Å². The maximum Gasteiger partial charge on any atom is 0.311 e. The van der Waals surface area contributed by atoms with Crippen LogP contribution in [0.2, 0.25) is 0 Å². The molecule has 6 nitrogen and oxygen atoms in total. The third kappa shape index (κ3) is 3.45. The van der Waals surface area contributed by atoms with E-state index in [9.17, 15) is 13.2 Å². The summed E-state index contributed by atoms with van der Waals surface area (Å²) in [4.78, 5) is 15.9. The fourth-order valence-electron chi connectivity index (χ4n) is 2.69. The molecule has 0 aliphatic heterocycles. The second-order valence-corrected chi connectivity index (χ2v) is 8.25. The van der Waals surface area contributed by atoms with Crippen molar-refractivity contribution >= 4 is 37.5 Å². The van der Waals surface area contributed by atoms with Gasteiger partial charge in [-0.25, -0.2) is 18.5 Å². The summed E-state index contributed by atoms with van der Waals surface area (Å²) in [6.45, 7) is 0. The average molecular weight is 340 g/mol. The van der Waals surface area contributed by atoms with Crippen LogP contribution in [0.15, 0.2) is 22.5 Å². The lowest BCUT2D eigenvalue weighted by Gasteiger charge is -2.08. The Morgan fingerprint density at radius 3 is 2.77 bits per heavy atom. The topological polar surface area (TPSA) is 99.4 Å². The van der Waals surface area contributed by atoms with Crippen molar-refractivity contribution in [2.75, 3.05) is 0 Å². The molecule has 1 aromatic heterocycles. The molecule has 0 bridgehead atoms. The summed E-state index contributed by atoms with van der Waals surface area (Å²) in [5.74, 6) is 0.580. The Kier molecular flexibility index (Phi) is 4.16. The Morgan fingerprint density at radius 2 is 2.09 bits per heavy atom. The van der Waals surface area contributed by atoms with Gasteiger partial charge in [0, 0.05) is 12.5 Å². The Bertz CT molecular complexity index is 807. The second kappa shape index (κ2) is 5.94. The first-order valence-corrected chi connectivity index (χ1v) is 9.42. The highest BCUT2D eigenvalue weighted by Crippen LogP contribution is 2.30. The molecule has 3 rings (SSSR count). The number of carbonyl (C=O) groups is 1. The Labute approximate surface area is 132 Å². The Morgan fingerprint density at radius 1 is 1.36 bits per heavy atom. The lowest BCUT2D eigenvalue weighted by Crippen LogP contribution is -2.12. The van der Waals surface area contributed by atoms with E-state index in [4.69, 9.17) is 9.88 Å². The number of hydrogen-bond donors (Lipinski definition) is 1. The maximum absolute atomic E-state index is 11.9. The predicted octanol–water partition coefficient (Wildman–Crippen LogP) is 2.43. The van der Waals surface area contributed by atoms with Gasteiger partial charge in [0.05, 0.1) is 10.2 Å². The van der Waals surface area contributed by atoms with Crippen LogP contribution in [-0.2, 0) is 14.8 Å². The van der Waals surface area contributed by atoms with E-state index >= 15 is 0 Å². The Balaban J connectivity index is 1.75. The molecular weight excluding hydrogens is 324 g/mol. The van der Waals surface area contributed by atoms with E-state index in [1.54, 1.807) is 18.2 Å². The number of rotatable bonds is 4. The van der Waals surface area contributed by atoms with Gasteiger partial charge in [-0.1, -0.05) is 12.8 Å². The van der Waals surface area contributed by atoms with E-state index in [1.165, 1.54) is 12.8 Å². The van der Waals surface area contributed by atoms with Crippen molar-refractivity contribution in [3.63, 3.8) is 0 Å². The zero-order chi connectivity index (χ0) is 15.7. The predicted molar refractivity (Wildman–Crippen MR) is 83.2 cm³/mol. The van der Waals surface area contributed by atoms with Crippen LogP contribution < -0.4 is 9.88 Å². The van der Waals surface area contributed by atoms with Crippen LogP contribution in [0.25, 0.3) is 10.2 Å². The molecule has 0 amide bonds. The molecule has 1 aliphatic carbocycles. The fraction of sp³-hybridized carbons (Fsp3) is 0.429. The molecule has 1 aromatic carbocycles. The van der Waals surface area contributed by atoms with Crippen LogP contribution >= 0.6 is 11.3 Å². The number of nitrogens with zero attached hydrogens (tertiary/aromatic N) is 1. The van der Waals surface area contributed by atoms with Crippen LogP contribution in [0, 0.1) is 5.92 Å². The van der Waals surface area contributed by atoms with Gasteiger partial charge in [0.25, 0.3) is 10.0 Å². The lowest BCUT2D eigenvalue weighted by atomic mass is 10.0. The van der Waals surface area contributed by atoms with E-state index < -0.39 is 10.0 Å². The Hall–Kier alpha value is -1.51. The van der Waals surface area contributed by atoms with Crippen LogP contribution in [0.5, 0.6) is 5.75 Å². The summed E-state index contributed by atoms with van der Waals surface area (Å²) in [5.41, 5.74) is 0.518. The average Bonchev–Trinajstić information content (AvgIpc) is 3.06. The summed E-state index contributed by atoms with van der Waals surface area (Å²) in [6, 6.07) is 4.86. The number of thiazole rings is 1. The summed E-state index contributed by atoms with van der Waals surface area (Å²) >= 11 is 0.963. The molecule has 0 atom stereocenters. The molecule has 22 heavy (non-hydrogen) atoms. The van der Waals surface area contributed by atoms with Gasteiger partial charge in [0.2, 0.25) is 4.34 Å². The number of nitrogens with two attached hydrogens (primary N) is 1. The highest BCUT2D eigenvalue weighted by atomic mass is 32.2. The first-order valence-electron chi connectivity index (χ1n) is 7.06. The minimum Gasteiger partial charge on any atom is -0.426 e. The van der Waals surface area contributed by atoms with Crippen molar-refractivity contribution < 1.29 is 17.9 Å². The number of sulfonamides is 1. The number of hydrogen-bond acceptors (Lipinski definition) is 6. The highest BCUT2D eigenvalue weighted by molar-refractivity contribution is 7.91. The number of carbonyl (C=O) groups excluding carboxylic acids is 1. The molecule has 1 saturated carbocycles. The summed E-state index contributed by atoms with van der Waals surface area (Å²) in [6.07, 6.45) is 4.97. The molecule has 0 radical (unpaired) electrons. The standard InChI is InChI=1S/C14H16N2O4S2/c15-22(18,19)14-16-11-6-5-10(8-12(11)21-14)20-13(17)7-9-3-1-2-4-9/h5-6,8-9H,1-4,7H2,(H2,15,18,19). The number of ether oxygens (including phenoxy) is 1. The van der Waals surface area contributed by atoms with Crippen molar-refractivity contribution in [2.24, 2.45) is 11.1 Å². The van der Waals surface area contributed by atoms with Gasteiger partial charge >= 0.3 is 5.97 Å². The fourth-order valence-corrected chi connectivity index (χ4v) is 4.38. The van der Waals surface area contributed by atoms with Crippen LogP contribution in [0.1, 0.15) is 32.1 Å². The zero-order valence-corrected chi connectivity index (χ0v) is 13.5. The third-order valence-corrected chi connectivity index (χ3v) is 6.08. The lowest BCUT2D eigenvalue weighted by molar-refractivity contribution is -0.135. The number of aromatic nitrogens is 1. The van der Waals surface area contributed by atoms with E-state index in [1.807, 2.05) is 0 Å². The molecule has 1 aliphatic rings. The van der Waals surface area contributed by atoms with Crippen molar-refractivity contribution in [3.8, 4) is 5.75 Å². The van der Waals surface area contributed by atoms with Crippen LogP contribution in [0.4, 0.5) is 0 Å². The largest absolute Gasteiger partial charge is 0.426 e. The monoisotopic (exact) mass is 340 g/mol. The maximum atomic E-state index is 11.9. The first kappa shape index (κ1) is 15.4. The minimum atomic E-state index is -3.82. The molecule has 1 fully saturated rings. The molecule has 0 saturated heterocycles. The number of primary sulfonamides is 1. The van der Waals surface area contributed by atoms with Crippen molar-refractivity contribution in [2.45, 2.75) is 36.4 Å². The summed E-state index contributed by atoms with van der Waals surface area (Å²) in [7, 11) is -3.82. The van der Waals surface area contributed by atoms with E-state index in [0.29, 0.717) is 28.3 Å². The number of fused-ring (bicyclic) bond motifs is 1. The zero-order valence-electron chi connectivity index (χ0n) is 11.8. The van der Waals surface area contributed by atoms with Gasteiger partial charge in [0.1, 0.15) is 5.75 Å². The third-order valence-electron chi connectivity index (χ3n) is 3.75. The molecule has 0 unspecified atom stereocenters. The van der Waals surface area contributed by atoms with Gasteiger partial charge in [0.15, 0.2) is 0 Å². The quantitative estimate of drug-likeness (QED) is 0.680. The van der Waals surface area contributed by atoms with Crippen LogP contribution in [-0.4, -0.2) is 19.4 Å². The van der Waals surface area contributed by atoms with Gasteiger partial charge in [-0.15, -0.1) is 11.3 Å². The molecule has 8 heteroatoms. The second-order valence-electron chi connectivity index (χ2n) is 5.48. The number of esters is 1. The smallest absolute Gasteiger partial charge is 0.311 e. The van der Waals surface area contributed by atoms with E-state index in [-0.39, 0.29) is 10.3 Å². The van der Waals surface area contributed by atoms with Crippen LogP contribution in [0.3, 0.4) is 0 Å². The van der Waals surface area contributed by atoms with E-state index in [0.717, 1.165) is 24.2 Å². The molecule has 118 valence electrons. The van der Waals surface area contributed by atoms with Gasteiger partial charge in [-0.3, -0.25) is 4.79 Å². The molecular formula is C14H16N2O4S2. The van der Waals surface area contributed by atoms with Crippen molar-refractivity contribution in [1.82, 2.24) is 4.98 Å². The number of benzene rings is 1. The summed E-state index contributed by atoms with van der Waals surface area (Å²) in [5, 5.41) is 5.07. The van der Waals surface area contributed by atoms with Gasteiger partial charge in [-0.05, 0) is 30.9 Å². The summed E-state index contributed by atoms with van der Waals surface area (Å²) < 4.78 is 28.4. The van der Waals surface area contributed by atoms with Crippen molar-refractivity contribution in [1.29, 1.82) is 0 Å². The molecule has 1 heterocycles. The van der Waals surface area contributed by atoms with E-state index in [2.05, 4.69) is 4.98 Å². The van der Waals surface area contributed by atoms with Gasteiger partial charge < -0.3 is 4.74 Å². The normalized spacial score (nSPS) is 16.2. The first-order chi connectivity index (χ1) is 10.4. The highest BCUT2D eigenvalue weighted by Gasteiger charge is 2.20.